The first kappa shape index (κ1) is 20.9. The molecule has 2 aromatic rings. The number of morpholine rings is 1. The topological polar surface area (TPSA) is 78.9 Å². The number of hydrogen-bond acceptors (Lipinski definition) is 3. The van der Waals surface area contributed by atoms with Crippen LogP contribution in [0.1, 0.15) is 24.0 Å². The Bertz CT molecular complexity index is 782. The molecule has 0 bridgehead atoms. The zero-order valence-corrected chi connectivity index (χ0v) is 16.5. The molecule has 1 saturated heterocycles. The molecule has 1 aliphatic rings. The van der Waals surface area contributed by atoms with Crippen LogP contribution in [-0.4, -0.2) is 53.8 Å². The summed E-state index contributed by atoms with van der Waals surface area (Å²) in [5, 5.41) is 12.1. The van der Waals surface area contributed by atoms with Gasteiger partial charge in [0.15, 0.2) is 0 Å². The first-order valence-electron chi connectivity index (χ1n) is 10.1. The van der Waals surface area contributed by atoms with Gasteiger partial charge in [-0.1, -0.05) is 60.7 Å². The van der Waals surface area contributed by atoms with Gasteiger partial charge in [0, 0.05) is 32.0 Å². The second-order valence-corrected chi connectivity index (χ2v) is 7.40. The summed E-state index contributed by atoms with van der Waals surface area (Å²) in [6.45, 7) is 1.56. The first-order valence-corrected chi connectivity index (χ1v) is 10.1. The molecule has 0 radical (unpaired) electrons. The van der Waals surface area contributed by atoms with Crippen molar-refractivity contribution in [3.8, 4) is 0 Å². The van der Waals surface area contributed by atoms with Gasteiger partial charge in [-0.3, -0.25) is 4.79 Å². The molecule has 0 aromatic heterocycles. The van der Waals surface area contributed by atoms with Crippen molar-refractivity contribution >= 4 is 12.0 Å². The summed E-state index contributed by atoms with van der Waals surface area (Å²) in [5.41, 5.74) is 2.26. The third-order valence-corrected chi connectivity index (χ3v) is 5.09. The van der Waals surface area contributed by atoms with Gasteiger partial charge in [0.05, 0.1) is 12.7 Å². The van der Waals surface area contributed by atoms with Crippen LogP contribution in [0.3, 0.4) is 0 Å². The zero-order valence-electron chi connectivity index (χ0n) is 16.5. The van der Waals surface area contributed by atoms with E-state index in [9.17, 15) is 9.59 Å². The molecule has 2 unspecified atom stereocenters. The Kier molecular flexibility index (Phi) is 7.64. The third kappa shape index (κ3) is 6.91. The smallest absolute Gasteiger partial charge is 0.317 e. The number of carbonyl (C=O) groups excluding carboxylic acids is 1. The predicted molar refractivity (Wildman–Crippen MR) is 111 cm³/mol. The molecular formula is C23H28N2O4. The molecule has 2 amide bonds. The van der Waals surface area contributed by atoms with Gasteiger partial charge in [-0.2, -0.15) is 0 Å². The monoisotopic (exact) mass is 396 g/mol. The molecule has 3 rings (SSSR count). The fourth-order valence-electron chi connectivity index (χ4n) is 3.59. The van der Waals surface area contributed by atoms with Crippen molar-refractivity contribution in [2.45, 2.75) is 37.8 Å². The first-order chi connectivity index (χ1) is 14.1. The number of amides is 2. The van der Waals surface area contributed by atoms with E-state index >= 15 is 0 Å². The van der Waals surface area contributed by atoms with Crippen molar-refractivity contribution in [1.29, 1.82) is 0 Å². The normalized spacial score (nSPS) is 17.5. The van der Waals surface area contributed by atoms with Crippen molar-refractivity contribution in [2.24, 2.45) is 0 Å². The number of carbonyl (C=O) groups is 2. The second-order valence-electron chi connectivity index (χ2n) is 7.40. The summed E-state index contributed by atoms with van der Waals surface area (Å²) in [6.07, 6.45) is 1.75. The van der Waals surface area contributed by atoms with Crippen molar-refractivity contribution in [3.63, 3.8) is 0 Å². The lowest BCUT2D eigenvalue weighted by molar-refractivity contribution is -0.137. The van der Waals surface area contributed by atoms with E-state index in [1.807, 2.05) is 48.5 Å². The molecule has 154 valence electrons. The van der Waals surface area contributed by atoms with Gasteiger partial charge in [-0.25, -0.2) is 4.79 Å². The Balaban J connectivity index is 1.57. The SMILES string of the molecule is O=C(O)CCC(Cc1ccccc1)NC(=O)N1CCOC(Cc2ccccc2)C1. The number of urea groups is 1. The maximum absolute atomic E-state index is 12.9. The Labute approximate surface area is 171 Å². The van der Waals surface area contributed by atoms with E-state index in [1.165, 1.54) is 5.56 Å². The lowest BCUT2D eigenvalue weighted by Crippen LogP contribution is -2.52. The minimum absolute atomic E-state index is 0.0253. The fourth-order valence-corrected chi connectivity index (χ4v) is 3.59. The summed E-state index contributed by atoms with van der Waals surface area (Å²) < 4.78 is 5.84. The van der Waals surface area contributed by atoms with E-state index in [-0.39, 0.29) is 24.6 Å². The van der Waals surface area contributed by atoms with Gasteiger partial charge in [-0.15, -0.1) is 0 Å². The molecule has 0 spiro atoms. The summed E-state index contributed by atoms with van der Waals surface area (Å²) in [5.74, 6) is -0.855. The molecule has 1 heterocycles. The molecule has 2 N–H and O–H groups in total. The maximum Gasteiger partial charge on any atom is 0.317 e. The zero-order chi connectivity index (χ0) is 20.5. The molecule has 1 aliphatic heterocycles. The summed E-state index contributed by atoms with van der Waals surface area (Å²) in [6, 6.07) is 19.5. The van der Waals surface area contributed by atoms with Crippen LogP contribution in [0.4, 0.5) is 4.79 Å². The Hall–Kier alpha value is -2.86. The number of benzene rings is 2. The van der Waals surface area contributed by atoms with Crippen LogP contribution >= 0.6 is 0 Å². The van der Waals surface area contributed by atoms with Crippen LogP contribution in [0.15, 0.2) is 60.7 Å². The molecular weight excluding hydrogens is 368 g/mol. The van der Waals surface area contributed by atoms with Crippen LogP contribution in [0.2, 0.25) is 0 Å². The van der Waals surface area contributed by atoms with Crippen LogP contribution in [0, 0.1) is 0 Å². The summed E-state index contributed by atoms with van der Waals surface area (Å²) >= 11 is 0. The van der Waals surface area contributed by atoms with Crippen LogP contribution in [0.5, 0.6) is 0 Å². The minimum Gasteiger partial charge on any atom is -0.481 e. The van der Waals surface area contributed by atoms with E-state index in [1.54, 1.807) is 4.90 Å². The average molecular weight is 396 g/mol. The fraction of sp³-hybridized carbons (Fsp3) is 0.391. The molecule has 6 nitrogen and oxygen atoms in total. The highest BCUT2D eigenvalue weighted by Gasteiger charge is 2.26. The number of carboxylic acid groups (broad SMARTS) is 1. The number of aliphatic carboxylic acids is 1. The van der Waals surface area contributed by atoms with Crippen molar-refractivity contribution < 1.29 is 19.4 Å². The standard InChI is InChI=1S/C23H28N2O4/c26-22(27)12-11-20(15-18-7-3-1-4-8-18)24-23(28)25-13-14-29-21(17-25)16-19-9-5-2-6-10-19/h1-10,20-21H,11-17H2,(H,24,28)(H,26,27). The van der Waals surface area contributed by atoms with E-state index in [4.69, 9.17) is 9.84 Å². The van der Waals surface area contributed by atoms with E-state index in [0.717, 1.165) is 12.0 Å². The molecule has 2 aromatic carbocycles. The number of hydrogen-bond donors (Lipinski definition) is 2. The number of carboxylic acids is 1. The quantitative estimate of drug-likeness (QED) is 0.719. The molecule has 2 atom stereocenters. The van der Waals surface area contributed by atoms with Gasteiger partial charge < -0.3 is 20.1 Å². The van der Waals surface area contributed by atoms with Crippen molar-refractivity contribution in [3.05, 3.63) is 71.8 Å². The second kappa shape index (κ2) is 10.6. The maximum atomic E-state index is 12.9. The van der Waals surface area contributed by atoms with E-state index < -0.39 is 5.97 Å². The van der Waals surface area contributed by atoms with Crippen LogP contribution in [0.25, 0.3) is 0 Å². The Morgan fingerprint density at radius 2 is 1.72 bits per heavy atom. The summed E-state index contributed by atoms with van der Waals surface area (Å²) in [4.78, 5) is 25.6. The lowest BCUT2D eigenvalue weighted by Gasteiger charge is -2.34. The third-order valence-electron chi connectivity index (χ3n) is 5.09. The van der Waals surface area contributed by atoms with Crippen molar-refractivity contribution in [2.75, 3.05) is 19.7 Å². The van der Waals surface area contributed by atoms with Crippen molar-refractivity contribution in [1.82, 2.24) is 10.2 Å². The highest BCUT2D eigenvalue weighted by Crippen LogP contribution is 2.13. The highest BCUT2D eigenvalue weighted by atomic mass is 16.5. The highest BCUT2D eigenvalue weighted by molar-refractivity contribution is 5.75. The molecule has 0 saturated carbocycles. The van der Waals surface area contributed by atoms with Gasteiger partial charge >= 0.3 is 12.0 Å². The number of ether oxygens (including phenoxy) is 1. The number of rotatable bonds is 8. The van der Waals surface area contributed by atoms with E-state index in [2.05, 4.69) is 17.4 Å². The van der Waals surface area contributed by atoms with E-state index in [0.29, 0.717) is 32.5 Å². The minimum atomic E-state index is -0.855. The Morgan fingerprint density at radius 3 is 2.38 bits per heavy atom. The van der Waals surface area contributed by atoms with Gasteiger partial charge in [0.2, 0.25) is 0 Å². The number of nitrogens with one attached hydrogen (secondary N) is 1. The molecule has 6 heteroatoms. The van der Waals surface area contributed by atoms with Crippen LogP contribution < -0.4 is 5.32 Å². The molecule has 1 fully saturated rings. The lowest BCUT2D eigenvalue weighted by atomic mass is 10.0. The predicted octanol–water partition coefficient (Wildman–Crippen LogP) is 3.12. The van der Waals surface area contributed by atoms with Gasteiger partial charge in [0.1, 0.15) is 0 Å². The number of nitrogens with zero attached hydrogens (tertiary/aromatic N) is 1. The van der Waals surface area contributed by atoms with Gasteiger partial charge in [0.25, 0.3) is 0 Å². The average Bonchev–Trinajstić information content (AvgIpc) is 2.73. The summed E-state index contributed by atoms with van der Waals surface area (Å²) in [7, 11) is 0. The Morgan fingerprint density at radius 1 is 1.07 bits per heavy atom. The molecule has 0 aliphatic carbocycles. The molecule has 29 heavy (non-hydrogen) atoms. The largest absolute Gasteiger partial charge is 0.481 e. The van der Waals surface area contributed by atoms with Gasteiger partial charge in [-0.05, 0) is 24.0 Å². The van der Waals surface area contributed by atoms with Crippen LogP contribution in [-0.2, 0) is 22.4 Å².